The number of esters is 1. The molecular formula is C25H26ClNO4S. The van der Waals surface area contributed by atoms with Gasteiger partial charge in [0.2, 0.25) is 5.91 Å². The first-order valence-corrected chi connectivity index (χ1v) is 11.6. The third-order valence-electron chi connectivity index (χ3n) is 4.76. The zero-order valence-electron chi connectivity index (χ0n) is 18.4. The number of hydrogen-bond donors (Lipinski definition) is 1. The van der Waals surface area contributed by atoms with Crippen molar-refractivity contribution >= 4 is 39.8 Å². The van der Waals surface area contributed by atoms with E-state index in [0.29, 0.717) is 28.6 Å². The summed E-state index contributed by atoms with van der Waals surface area (Å²) >= 11 is 7.38. The molecule has 0 aliphatic heterocycles. The van der Waals surface area contributed by atoms with Gasteiger partial charge in [0.1, 0.15) is 16.3 Å². The number of amides is 1. The van der Waals surface area contributed by atoms with Crippen LogP contribution in [0.4, 0.5) is 5.00 Å². The number of ether oxygens (including phenoxy) is 2. The number of halogens is 1. The van der Waals surface area contributed by atoms with E-state index in [2.05, 4.69) is 5.32 Å². The van der Waals surface area contributed by atoms with Gasteiger partial charge in [-0.05, 0) is 62.6 Å². The summed E-state index contributed by atoms with van der Waals surface area (Å²) in [6.45, 7) is 6.36. The molecule has 5 nitrogen and oxygen atoms in total. The Morgan fingerprint density at radius 3 is 2.53 bits per heavy atom. The Morgan fingerprint density at radius 1 is 1.09 bits per heavy atom. The predicted octanol–water partition coefficient (Wildman–Crippen LogP) is 6.66. The Balaban J connectivity index is 1.70. The predicted molar refractivity (Wildman–Crippen MR) is 130 cm³/mol. The molecule has 0 aliphatic rings. The molecule has 0 aliphatic carbocycles. The van der Waals surface area contributed by atoms with Gasteiger partial charge in [0.25, 0.3) is 0 Å². The average Bonchev–Trinajstić information content (AvgIpc) is 3.07. The Morgan fingerprint density at radius 2 is 1.84 bits per heavy atom. The van der Waals surface area contributed by atoms with Crippen molar-refractivity contribution in [1.29, 1.82) is 0 Å². The van der Waals surface area contributed by atoms with Crippen LogP contribution in [0.2, 0.25) is 5.02 Å². The number of benzene rings is 2. The van der Waals surface area contributed by atoms with Crippen LogP contribution in [0.5, 0.6) is 5.75 Å². The summed E-state index contributed by atoms with van der Waals surface area (Å²) in [4.78, 5) is 26.2. The van der Waals surface area contributed by atoms with Crippen LogP contribution in [0.3, 0.4) is 0 Å². The van der Waals surface area contributed by atoms with Crippen LogP contribution in [0.25, 0.3) is 11.1 Å². The SMILES string of the molecule is CCOC(=O)c1c(NC(=O)CCCOc2cccc(C)c2)sc(C)c1-c1ccc(Cl)cc1. The van der Waals surface area contributed by atoms with E-state index < -0.39 is 5.97 Å². The third kappa shape index (κ3) is 6.11. The normalized spacial score (nSPS) is 10.6. The van der Waals surface area contributed by atoms with Crippen LogP contribution in [0.1, 0.15) is 40.6 Å². The van der Waals surface area contributed by atoms with Crippen molar-refractivity contribution in [1.82, 2.24) is 0 Å². The lowest BCUT2D eigenvalue weighted by Gasteiger charge is -2.10. The Hall–Kier alpha value is -2.83. The number of hydrogen-bond acceptors (Lipinski definition) is 5. The third-order valence-corrected chi connectivity index (χ3v) is 6.03. The largest absolute Gasteiger partial charge is 0.494 e. The molecule has 0 bridgehead atoms. The van der Waals surface area contributed by atoms with Gasteiger partial charge in [-0.2, -0.15) is 0 Å². The number of thiophene rings is 1. The van der Waals surface area contributed by atoms with Crippen molar-refractivity contribution in [3.63, 3.8) is 0 Å². The van der Waals surface area contributed by atoms with Gasteiger partial charge < -0.3 is 14.8 Å². The maximum Gasteiger partial charge on any atom is 0.341 e. The average molecular weight is 472 g/mol. The fourth-order valence-electron chi connectivity index (χ4n) is 3.31. The van der Waals surface area contributed by atoms with Crippen molar-refractivity contribution in [2.75, 3.05) is 18.5 Å². The zero-order valence-corrected chi connectivity index (χ0v) is 19.9. The van der Waals surface area contributed by atoms with E-state index >= 15 is 0 Å². The molecule has 0 fully saturated rings. The molecule has 3 aromatic rings. The number of anilines is 1. The van der Waals surface area contributed by atoms with Gasteiger partial charge in [-0.15, -0.1) is 11.3 Å². The summed E-state index contributed by atoms with van der Waals surface area (Å²) in [6.07, 6.45) is 0.838. The second-order valence-electron chi connectivity index (χ2n) is 7.28. The van der Waals surface area contributed by atoms with Gasteiger partial charge in [0.05, 0.1) is 13.2 Å². The number of carbonyl (C=O) groups excluding carboxylic acids is 2. The van der Waals surface area contributed by atoms with E-state index in [1.807, 2.05) is 50.2 Å². The molecule has 0 atom stereocenters. The lowest BCUT2D eigenvalue weighted by molar-refractivity contribution is -0.116. The zero-order chi connectivity index (χ0) is 23.1. The van der Waals surface area contributed by atoms with Gasteiger partial charge in [-0.25, -0.2) is 4.79 Å². The number of carbonyl (C=O) groups is 2. The van der Waals surface area contributed by atoms with Gasteiger partial charge in [-0.1, -0.05) is 35.9 Å². The summed E-state index contributed by atoms with van der Waals surface area (Å²) < 4.78 is 11.0. The van der Waals surface area contributed by atoms with Crippen LogP contribution in [0, 0.1) is 13.8 Å². The molecule has 0 unspecified atom stereocenters. The fourth-order valence-corrected chi connectivity index (χ4v) is 4.52. The molecule has 1 N–H and O–H groups in total. The van der Waals surface area contributed by atoms with Gasteiger partial charge >= 0.3 is 5.97 Å². The Labute approximate surface area is 197 Å². The highest BCUT2D eigenvalue weighted by Crippen LogP contribution is 2.40. The van der Waals surface area contributed by atoms with Gasteiger partial charge in [0.15, 0.2) is 0 Å². The smallest absolute Gasteiger partial charge is 0.341 e. The minimum Gasteiger partial charge on any atom is -0.494 e. The Kier molecular flexibility index (Phi) is 8.31. The first kappa shape index (κ1) is 23.8. The molecule has 1 aromatic heterocycles. The summed E-state index contributed by atoms with van der Waals surface area (Å²) in [5, 5.41) is 4.00. The van der Waals surface area contributed by atoms with E-state index in [0.717, 1.165) is 27.3 Å². The molecule has 7 heteroatoms. The maximum atomic E-state index is 12.8. The van der Waals surface area contributed by atoms with Crippen LogP contribution < -0.4 is 10.1 Å². The lowest BCUT2D eigenvalue weighted by Crippen LogP contribution is -2.15. The molecule has 2 aromatic carbocycles. The summed E-state index contributed by atoms with van der Waals surface area (Å²) in [6, 6.07) is 15.0. The molecule has 3 rings (SSSR count). The molecular weight excluding hydrogens is 446 g/mol. The van der Waals surface area contributed by atoms with E-state index in [4.69, 9.17) is 21.1 Å². The molecule has 0 saturated carbocycles. The molecule has 1 heterocycles. The van der Waals surface area contributed by atoms with Crippen LogP contribution in [0.15, 0.2) is 48.5 Å². The van der Waals surface area contributed by atoms with Crippen molar-refractivity contribution in [3.05, 3.63) is 69.6 Å². The first-order valence-electron chi connectivity index (χ1n) is 10.4. The highest BCUT2D eigenvalue weighted by Gasteiger charge is 2.25. The monoisotopic (exact) mass is 471 g/mol. The second-order valence-corrected chi connectivity index (χ2v) is 8.94. The summed E-state index contributed by atoms with van der Waals surface area (Å²) in [5.74, 6) is 0.156. The fraction of sp³-hybridized carbons (Fsp3) is 0.280. The molecule has 0 saturated heterocycles. The highest BCUT2D eigenvalue weighted by atomic mass is 35.5. The first-order chi connectivity index (χ1) is 15.4. The van der Waals surface area contributed by atoms with Crippen molar-refractivity contribution < 1.29 is 19.1 Å². The second kappa shape index (κ2) is 11.2. The minimum atomic E-state index is -0.458. The van der Waals surface area contributed by atoms with Gasteiger partial charge in [0, 0.05) is 21.9 Å². The summed E-state index contributed by atoms with van der Waals surface area (Å²) in [5.41, 5.74) is 3.10. The molecule has 1 amide bonds. The minimum absolute atomic E-state index is 0.174. The van der Waals surface area contributed by atoms with Crippen LogP contribution in [-0.2, 0) is 9.53 Å². The standard InChI is InChI=1S/C25H26ClNO4S/c1-4-30-25(29)23-22(18-10-12-19(26)13-11-18)17(3)32-24(23)27-21(28)9-6-14-31-20-8-5-7-16(2)15-20/h5,7-8,10-13,15H,4,6,9,14H2,1-3H3,(H,27,28). The van der Waals surface area contributed by atoms with E-state index in [1.54, 1.807) is 19.1 Å². The van der Waals surface area contributed by atoms with Crippen LogP contribution >= 0.6 is 22.9 Å². The van der Waals surface area contributed by atoms with E-state index in [1.165, 1.54) is 11.3 Å². The van der Waals surface area contributed by atoms with Crippen molar-refractivity contribution in [3.8, 4) is 16.9 Å². The number of aryl methyl sites for hydroxylation is 2. The van der Waals surface area contributed by atoms with E-state index in [9.17, 15) is 9.59 Å². The molecule has 32 heavy (non-hydrogen) atoms. The quantitative estimate of drug-likeness (QED) is 0.280. The van der Waals surface area contributed by atoms with Crippen molar-refractivity contribution in [2.24, 2.45) is 0 Å². The highest BCUT2D eigenvalue weighted by molar-refractivity contribution is 7.17. The van der Waals surface area contributed by atoms with Crippen molar-refractivity contribution in [2.45, 2.75) is 33.6 Å². The summed E-state index contributed by atoms with van der Waals surface area (Å²) in [7, 11) is 0. The molecule has 0 spiro atoms. The van der Waals surface area contributed by atoms with Gasteiger partial charge in [-0.3, -0.25) is 4.79 Å². The maximum absolute atomic E-state index is 12.8. The topological polar surface area (TPSA) is 64.6 Å². The number of rotatable bonds is 9. The van der Waals surface area contributed by atoms with E-state index in [-0.39, 0.29) is 18.9 Å². The van der Waals surface area contributed by atoms with Crippen LogP contribution in [-0.4, -0.2) is 25.1 Å². The lowest BCUT2D eigenvalue weighted by atomic mass is 10.0. The molecule has 168 valence electrons. The Bertz CT molecular complexity index is 1090. The number of nitrogens with one attached hydrogen (secondary N) is 1. The molecule has 0 radical (unpaired) electrons.